The Morgan fingerprint density at radius 1 is 1.10 bits per heavy atom. The van der Waals surface area contributed by atoms with Crippen molar-refractivity contribution >= 4 is 38.9 Å². The molecule has 7 nitrogen and oxygen atoms in total. The molecule has 0 aliphatic rings. The summed E-state index contributed by atoms with van der Waals surface area (Å²) in [5.74, 6) is 0.329. The molecule has 1 amide bonds. The first kappa shape index (κ1) is 17.2. The van der Waals surface area contributed by atoms with Crippen molar-refractivity contribution in [2.75, 3.05) is 0 Å². The van der Waals surface area contributed by atoms with Gasteiger partial charge in [0.05, 0.1) is 12.4 Å². The van der Waals surface area contributed by atoms with Crippen molar-refractivity contribution in [3.8, 4) is 0 Å². The fourth-order valence-electron chi connectivity index (χ4n) is 3.46. The van der Waals surface area contributed by atoms with Crippen molar-refractivity contribution in [1.29, 1.82) is 0 Å². The van der Waals surface area contributed by atoms with Crippen molar-refractivity contribution in [3.05, 3.63) is 77.0 Å². The van der Waals surface area contributed by atoms with Gasteiger partial charge in [0.25, 0.3) is 5.56 Å². The zero-order chi connectivity index (χ0) is 20.0. The highest BCUT2D eigenvalue weighted by molar-refractivity contribution is 6.01. The van der Waals surface area contributed by atoms with E-state index in [9.17, 15) is 9.59 Å². The molecule has 2 aromatic carbocycles. The van der Waals surface area contributed by atoms with E-state index in [2.05, 4.69) is 10.3 Å². The van der Waals surface area contributed by atoms with Gasteiger partial charge in [-0.05, 0) is 31.2 Å². The minimum Gasteiger partial charge on any atom is -0.459 e. The minimum absolute atomic E-state index is 0.145. The Labute approximate surface area is 164 Å². The minimum atomic E-state index is -0.391. The molecule has 3 aromatic heterocycles. The Morgan fingerprint density at radius 2 is 1.86 bits per heavy atom. The second kappa shape index (κ2) is 6.63. The number of rotatable bonds is 4. The number of hydrogen-bond acceptors (Lipinski definition) is 5. The Morgan fingerprint density at radius 3 is 2.69 bits per heavy atom. The van der Waals surface area contributed by atoms with Crippen LogP contribution in [0.15, 0.2) is 74.6 Å². The Hall–Kier alpha value is -3.87. The monoisotopic (exact) mass is 387 g/mol. The standard InChI is InChI=1S/C22H17N3O4/c1-13(18-10-14-6-2-4-8-16(14)28-18)24-19(26)11-25-12-23-20-15-7-3-5-9-17(15)29-21(20)22(25)27/h2-10,12-13H,11H2,1H3,(H,24,26). The van der Waals surface area contributed by atoms with Crippen molar-refractivity contribution in [3.63, 3.8) is 0 Å². The third kappa shape index (κ3) is 2.97. The third-order valence-electron chi connectivity index (χ3n) is 4.91. The van der Waals surface area contributed by atoms with Gasteiger partial charge < -0.3 is 14.2 Å². The lowest BCUT2D eigenvalue weighted by atomic mass is 10.2. The van der Waals surface area contributed by atoms with Crippen molar-refractivity contribution in [1.82, 2.24) is 14.9 Å². The number of para-hydroxylation sites is 2. The first-order valence-corrected chi connectivity index (χ1v) is 9.24. The number of nitrogens with one attached hydrogen (secondary N) is 1. The van der Waals surface area contributed by atoms with E-state index in [1.54, 1.807) is 6.07 Å². The highest BCUT2D eigenvalue weighted by atomic mass is 16.3. The van der Waals surface area contributed by atoms with E-state index in [0.29, 0.717) is 16.9 Å². The molecule has 5 rings (SSSR count). The molecule has 0 saturated carbocycles. The van der Waals surface area contributed by atoms with Gasteiger partial charge >= 0.3 is 0 Å². The van der Waals surface area contributed by atoms with Gasteiger partial charge in [0, 0.05) is 10.8 Å². The fraction of sp³-hybridized carbons (Fsp3) is 0.136. The molecular weight excluding hydrogens is 370 g/mol. The highest BCUT2D eigenvalue weighted by Crippen LogP contribution is 2.25. The molecule has 1 atom stereocenters. The van der Waals surface area contributed by atoms with E-state index < -0.39 is 5.56 Å². The maximum Gasteiger partial charge on any atom is 0.297 e. The van der Waals surface area contributed by atoms with Crippen LogP contribution in [0.2, 0.25) is 0 Å². The first-order valence-electron chi connectivity index (χ1n) is 9.24. The molecule has 1 unspecified atom stereocenters. The van der Waals surface area contributed by atoms with Crippen LogP contribution < -0.4 is 10.9 Å². The number of carbonyl (C=O) groups is 1. The van der Waals surface area contributed by atoms with Gasteiger partial charge in [0.1, 0.15) is 29.0 Å². The van der Waals surface area contributed by atoms with Gasteiger partial charge in [0.2, 0.25) is 11.5 Å². The van der Waals surface area contributed by atoms with E-state index in [4.69, 9.17) is 8.83 Å². The third-order valence-corrected chi connectivity index (χ3v) is 4.91. The summed E-state index contributed by atoms with van der Waals surface area (Å²) in [5, 5.41) is 4.60. The van der Waals surface area contributed by atoms with Crippen LogP contribution in [0, 0.1) is 0 Å². The lowest BCUT2D eigenvalue weighted by molar-refractivity contribution is -0.122. The summed E-state index contributed by atoms with van der Waals surface area (Å²) in [6.07, 6.45) is 1.37. The van der Waals surface area contributed by atoms with Crippen LogP contribution in [-0.2, 0) is 11.3 Å². The maximum absolute atomic E-state index is 12.7. The molecule has 1 N–H and O–H groups in total. The molecule has 0 spiro atoms. The van der Waals surface area contributed by atoms with Gasteiger partial charge in [-0.2, -0.15) is 0 Å². The molecule has 0 bridgehead atoms. The predicted octanol–water partition coefficient (Wildman–Crippen LogP) is 3.77. The van der Waals surface area contributed by atoms with Gasteiger partial charge in [-0.15, -0.1) is 0 Å². The number of amides is 1. The van der Waals surface area contributed by atoms with E-state index in [0.717, 1.165) is 16.4 Å². The van der Waals surface area contributed by atoms with Crippen LogP contribution in [0.3, 0.4) is 0 Å². The van der Waals surface area contributed by atoms with Crippen molar-refractivity contribution < 1.29 is 13.6 Å². The molecule has 0 saturated heterocycles. The van der Waals surface area contributed by atoms with Gasteiger partial charge in [-0.25, -0.2) is 4.98 Å². The van der Waals surface area contributed by atoms with Crippen LogP contribution in [-0.4, -0.2) is 15.5 Å². The first-order chi connectivity index (χ1) is 14.1. The Balaban J connectivity index is 1.38. The molecule has 144 valence electrons. The number of carbonyl (C=O) groups excluding carboxylic acids is 1. The molecule has 0 radical (unpaired) electrons. The molecule has 0 aliphatic carbocycles. The summed E-state index contributed by atoms with van der Waals surface area (Å²) >= 11 is 0. The average Bonchev–Trinajstić information content (AvgIpc) is 3.32. The zero-order valence-electron chi connectivity index (χ0n) is 15.6. The Kier molecular flexibility index (Phi) is 3.94. The predicted molar refractivity (Wildman–Crippen MR) is 109 cm³/mol. The van der Waals surface area contributed by atoms with Crippen LogP contribution >= 0.6 is 0 Å². The second-order valence-electron chi connectivity index (χ2n) is 6.93. The molecular formula is C22H17N3O4. The molecule has 0 aliphatic heterocycles. The second-order valence-corrected chi connectivity index (χ2v) is 6.93. The number of nitrogens with zero attached hydrogens (tertiary/aromatic N) is 2. The summed E-state index contributed by atoms with van der Waals surface area (Å²) < 4.78 is 12.7. The molecule has 3 heterocycles. The average molecular weight is 387 g/mol. The quantitative estimate of drug-likeness (QED) is 0.507. The van der Waals surface area contributed by atoms with E-state index in [1.807, 2.05) is 55.5 Å². The fourth-order valence-corrected chi connectivity index (χ4v) is 3.46. The summed E-state index contributed by atoms with van der Waals surface area (Å²) in [5.41, 5.74) is 1.61. The topological polar surface area (TPSA) is 90.3 Å². The normalized spacial score (nSPS) is 12.6. The summed E-state index contributed by atoms with van der Waals surface area (Å²) in [4.78, 5) is 29.6. The summed E-state index contributed by atoms with van der Waals surface area (Å²) in [6.45, 7) is 1.67. The number of furan rings is 2. The lowest BCUT2D eigenvalue weighted by Crippen LogP contribution is -2.33. The number of aromatic nitrogens is 2. The van der Waals surface area contributed by atoms with Crippen LogP contribution in [0.4, 0.5) is 0 Å². The van der Waals surface area contributed by atoms with Gasteiger partial charge in [-0.1, -0.05) is 30.3 Å². The van der Waals surface area contributed by atoms with Crippen LogP contribution in [0.5, 0.6) is 0 Å². The zero-order valence-corrected chi connectivity index (χ0v) is 15.6. The number of fused-ring (bicyclic) bond motifs is 4. The van der Waals surface area contributed by atoms with Gasteiger partial charge in [-0.3, -0.25) is 14.2 Å². The smallest absolute Gasteiger partial charge is 0.297 e. The van der Waals surface area contributed by atoms with E-state index >= 15 is 0 Å². The maximum atomic E-state index is 12.7. The van der Waals surface area contributed by atoms with Crippen LogP contribution in [0.1, 0.15) is 18.7 Å². The molecule has 7 heteroatoms. The van der Waals surface area contributed by atoms with E-state index in [1.165, 1.54) is 10.9 Å². The highest BCUT2D eigenvalue weighted by Gasteiger charge is 2.17. The largest absolute Gasteiger partial charge is 0.459 e. The summed E-state index contributed by atoms with van der Waals surface area (Å²) in [6, 6.07) is 16.5. The molecule has 0 fully saturated rings. The SMILES string of the molecule is CC(NC(=O)Cn1cnc2c(oc3ccccc32)c1=O)c1cc2ccccc2o1. The summed E-state index contributed by atoms with van der Waals surface area (Å²) in [7, 11) is 0. The molecule has 29 heavy (non-hydrogen) atoms. The Bertz CT molecular complexity index is 1390. The van der Waals surface area contributed by atoms with E-state index in [-0.39, 0.29) is 24.1 Å². The van der Waals surface area contributed by atoms with Crippen LogP contribution in [0.25, 0.3) is 33.0 Å². The lowest BCUT2D eigenvalue weighted by Gasteiger charge is -2.12. The van der Waals surface area contributed by atoms with Gasteiger partial charge in [0.15, 0.2) is 0 Å². The number of hydrogen-bond donors (Lipinski definition) is 1. The van der Waals surface area contributed by atoms with Crippen molar-refractivity contribution in [2.45, 2.75) is 19.5 Å². The van der Waals surface area contributed by atoms with Crippen molar-refractivity contribution in [2.24, 2.45) is 0 Å². The number of benzene rings is 2. The molecule has 5 aromatic rings.